The van der Waals surface area contributed by atoms with Gasteiger partial charge in [0.15, 0.2) is 5.78 Å². The number of ether oxygens (including phenoxy) is 1. The van der Waals surface area contributed by atoms with Gasteiger partial charge in [-0.3, -0.25) is 4.79 Å². The predicted molar refractivity (Wildman–Crippen MR) is 129 cm³/mol. The van der Waals surface area contributed by atoms with Crippen molar-refractivity contribution in [2.75, 3.05) is 11.4 Å². The van der Waals surface area contributed by atoms with Crippen LogP contribution in [0.25, 0.3) is 0 Å². The van der Waals surface area contributed by atoms with Crippen molar-refractivity contribution >= 4 is 23.4 Å². The minimum Gasteiger partial charge on any atom is -0.507 e. The number of carbonyl (C=O) groups excluding carboxylic acids is 2. The molecule has 7 nitrogen and oxygen atoms in total. The van der Waals surface area contributed by atoms with Gasteiger partial charge in [-0.25, -0.2) is 9.59 Å². The molecule has 3 rings (SSSR count). The number of aromatic carboxylic acids is 1. The molecular formula is C27H27NO6. The molecule has 0 unspecified atom stereocenters. The summed E-state index contributed by atoms with van der Waals surface area (Å²) in [5, 5.41) is 20.3. The van der Waals surface area contributed by atoms with Gasteiger partial charge in [0.05, 0.1) is 22.8 Å². The van der Waals surface area contributed by atoms with Crippen LogP contribution < -0.4 is 4.90 Å². The van der Waals surface area contributed by atoms with Gasteiger partial charge in [-0.1, -0.05) is 30.3 Å². The van der Waals surface area contributed by atoms with Crippen LogP contribution in [0.4, 0.5) is 5.69 Å². The third kappa shape index (κ3) is 5.61. The van der Waals surface area contributed by atoms with E-state index in [1.807, 2.05) is 42.2 Å². The van der Waals surface area contributed by atoms with E-state index in [9.17, 15) is 24.6 Å². The number of carboxylic acids is 1. The number of phenolic OH excluding ortho intramolecular Hbond substituents is 1. The Morgan fingerprint density at radius 2 is 1.59 bits per heavy atom. The fourth-order valence-electron chi connectivity index (χ4n) is 3.57. The fourth-order valence-corrected chi connectivity index (χ4v) is 3.57. The first kappa shape index (κ1) is 24.5. The molecule has 0 bridgehead atoms. The summed E-state index contributed by atoms with van der Waals surface area (Å²) in [5.41, 5.74) is 1.36. The zero-order chi connectivity index (χ0) is 24.8. The van der Waals surface area contributed by atoms with Crippen LogP contribution >= 0.6 is 0 Å². The summed E-state index contributed by atoms with van der Waals surface area (Å²) in [6.45, 7) is 6.66. The molecule has 0 aliphatic heterocycles. The minimum atomic E-state index is -1.36. The number of carboxylic acid groups (broad SMARTS) is 1. The summed E-state index contributed by atoms with van der Waals surface area (Å²) in [4.78, 5) is 39.2. The Hall–Kier alpha value is -4.13. The molecule has 0 aliphatic rings. The summed E-state index contributed by atoms with van der Waals surface area (Å²) < 4.78 is 5.10. The monoisotopic (exact) mass is 461 g/mol. The molecule has 176 valence electrons. The highest BCUT2D eigenvalue weighted by molar-refractivity contribution is 6.16. The molecule has 34 heavy (non-hydrogen) atoms. The highest BCUT2D eigenvalue weighted by Gasteiger charge is 2.23. The van der Waals surface area contributed by atoms with Gasteiger partial charge in [-0.05, 0) is 56.7 Å². The number of hydrogen-bond donors (Lipinski definition) is 2. The van der Waals surface area contributed by atoms with Crippen molar-refractivity contribution in [3.05, 3.63) is 94.5 Å². The zero-order valence-corrected chi connectivity index (χ0v) is 19.3. The van der Waals surface area contributed by atoms with Crippen molar-refractivity contribution < 1.29 is 29.3 Å². The molecule has 0 spiro atoms. The summed E-state index contributed by atoms with van der Waals surface area (Å²) in [5.74, 6) is -2.95. The van der Waals surface area contributed by atoms with Crippen LogP contribution in [0.5, 0.6) is 5.75 Å². The number of ketones is 1. The number of rotatable bonds is 9. The van der Waals surface area contributed by atoms with Gasteiger partial charge in [0.1, 0.15) is 5.75 Å². The van der Waals surface area contributed by atoms with Crippen LogP contribution in [0.1, 0.15) is 63.0 Å². The van der Waals surface area contributed by atoms with Gasteiger partial charge < -0.3 is 19.8 Å². The van der Waals surface area contributed by atoms with Gasteiger partial charge in [-0.15, -0.1) is 0 Å². The highest BCUT2D eigenvalue weighted by atomic mass is 16.5. The summed E-state index contributed by atoms with van der Waals surface area (Å²) in [7, 11) is 0. The van der Waals surface area contributed by atoms with Crippen LogP contribution in [-0.4, -0.2) is 40.6 Å². The molecule has 0 fully saturated rings. The first-order valence-electron chi connectivity index (χ1n) is 11.0. The minimum absolute atomic E-state index is 0.0282. The van der Waals surface area contributed by atoms with Crippen LogP contribution in [-0.2, 0) is 11.3 Å². The fraction of sp³-hybridized carbons (Fsp3) is 0.222. The van der Waals surface area contributed by atoms with E-state index in [-0.39, 0.29) is 34.1 Å². The Labute approximate surface area is 198 Å². The lowest BCUT2D eigenvalue weighted by atomic mass is 9.95. The third-order valence-corrected chi connectivity index (χ3v) is 5.26. The lowest BCUT2D eigenvalue weighted by Crippen LogP contribution is -2.22. The predicted octanol–water partition coefficient (Wildman–Crippen LogP) is 4.91. The molecule has 0 radical (unpaired) electrons. The van der Waals surface area contributed by atoms with E-state index in [0.29, 0.717) is 13.1 Å². The van der Waals surface area contributed by atoms with Crippen molar-refractivity contribution in [3.63, 3.8) is 0 Å². The lowest BCUT2D eigenvalue weighted by molar-refractivity contribution is 0.0377. The SMILES string of the molecule is CCN(Cc1ccccc1)c1ccc(C(=O)c2ccc(C(=O)OC(C)C)cc2C(=O)O)c(O)c1. The van der Waals surface area contributed by atoms with E-state index in [1.165, 1.54) is 24.3 Å². The molecule has 0 atom stereocenters. The molecule has 3 aromatic carbocycles. The van der Waals surface area contributed by atoms with Gasteiger partial charge in [0, 0.05) is 30.4 Å². The lowest BCUT2D eigenvalue weighted by Gasteiger charge is -2.24. The number of hydrogen-bond acceptors (Lipinski definition) is 6. The Balaban J connectivity index is 1.91. The molecule has 0 heterocycles. The second-order valence-electron chi connectivity index (χ2n) is 8.05. The van der Waals surface area contributed by atoms with Crippen molar-refractivity contribution in [3.8, 4) is 5.75 Å². The average molecular weight is 462 g/mol. The first-order valence-corrected chi connectivity index (χ1v) is 11.0. The summed E-state index contributed by atoms with van der Waals surface area (Å²) in [6.07, 6.45) is -0.373. The molecule has 0 saturated carbocycles. The van der Waals surface area contributed by atoms with Crippen molar-refractivity contribution in [2.45, 2.75) is 33.4 Å². The van der Waals surface area contributed by atoms with Gasteiger partial charge in [0.25, 0.3) is 0 Å². The molecule has 0 aromatic heterocycles. The van der Waals surface area contributed by atoms with Crippen molar-refractivity contribution in [1.82, 2.24) is 0 Å². The number of aromatic hydroxyl groups is 1. The molecule has 0 aliphatic carbocycles. The second kappa shape index (κ2) is 10.7. The number of nitrogens with zero attached hydrogens (tertiary/aromatic N) is 1. The van der Waals surface area contributed by atoms with Crippen LogP contribution in [0.15, 0.2) is 66.7 Å². The second-order valence-corrected chi connectivity index (χ2v) is 8.05. The van der Waals surface area contributed by atoms with Crippen molar-refractivity contribution in [1.29, 1.82) is 0 Å². The Morgan fingerprint density at radius 3 is 2.18 bits per heavy atom. The van der Waals surface area contributed by atoms with E-state index in [1.54, 1.807) is 19.9 Å². The quantitative estimate of drug-likeness (QED) is 0.344. The van der Waals surface area contributed by atoms with E-state index in [2.05, 4.69) is 0 Å². The van der Waals surface area contributed by atoms with Crippen LogP contribution in [0, 0.1) is 0 Å². The van der Waals surface area contributed by atoms with Crippen LogP contribution in [0.2, 0.25) is 0 Å². The normalized spacial score (nSPS) is 10.7. The number of esters is 1. The standard InChI is InChI=1S/C27H27NO6/c1-4-28(16-18-8-6-5-7-9-18)20-11-13-22(24(29)15-20)25(30)21-12-10-19(14-23(21)26(31)32)27(33)34-17(2)3/h5-15,17,29H,4,16H2,1-3H3,(H,31,32). The maximum absolute atomic E-state index is 13.1. The molecular weight excluding hydrogens is 434 g/mol. The molecule has 0 saturated heterocycles. The zero-order valence-electron chi connectivity index (χ0n) is 19.3. The molecule has 0 amide bonds. The molecule has 2 N–H and O–H groups in total. The van der Waals surface area contributed by atoms with E-state index in [0.717, 1.165) is 17.3 Å². The van der Waals surface area contributed by atoms with Gasteiger partial charge in [-0.2, -0.15) is 0 Å². The Kier molecular flexibility index (Phi) is 7.68. The number of phenols is 1. The Bertz CT molecular complexity index is 1200. The number of carbonyl (C=O) groups is 3. The maximum atomic E-state index is 13.1. The summed E-state index contributed by atoms with van der Waals surface area (Å²) >= 11 is 0. The van der Waals surface area contributed by atoms with Gasteiger partial charge in [0.2, 0.25) is 0 Å². The summed E-state index contributed by atoms with van der Waals surface area (Å²) in [6, 6.07) is 18.3. The maximum Gasteiger partial charge on any atom is 0.338 e. The van der Waals surface area contributed by atoms with Gasteiger partial charge >= 0.3 is 11.9 Å². The smallest absolute Gasteiger partial charge is 0.338 e. The largest absolute Gasteiger partial charge is 0.507 e. The van der Waals surface area contributed by atoms with E-state index >= 15 is 0 Å². The first-order chi connectivity index (χ1) is 16.2. The topological polar surface area (TPSA) is 104 Å². The third-order valence-electron chi connectivity index (χ3n) is 5.26. The molecule has 7 heteroatoms. The van der Waals surface area contributed by atoms with Crippen LogP contribution in [0.3, 0.4) is 0 Å². The average Bonchev–Trinajstić information content (AvgIpc) is 2.81. The number of anilines is 1. The Morgan fingerprint density at radius 1 is 0.912 bits per heavy atom. The van der Waals surface area contributed by atoms with Crippen molar-refractivity contribution in [2.24, 2.45) is 0 Å². The highest BCUT2D eigenvalue weighted by Crippen LogP contribution is 2.29. The molecule has 3 aromatic rings. The van der Waals surface area contributed by atoms with E-state index < -0.39 is 17.7 Å². The number of benzene rings is 3. The van der Waals surface area contributed by atoms with E-state index in [4.69, 9.17) is 4.74 Å².